The second-order valence-corrected chi connectivity index (χ2v) is 7.09. The second kappa shape index (κ2) is 7.96. The fourth-order valence-corrected chi connectivity index (χ4v) is 3.71. The molecule has 1 N–H and O–H groups in total. The Bertz CT molecular complexity index is 1220. The van der Waals surface area contributed by atoms with E-state index in [1.54, 1.807) is 44.6 Å². The minimum absolute atomic E-state index is 0.282. The minimum atomic E-state index is -0.338. The molecule has 0 aliphatic heterocycles. The monoisotopic (exact) mass is 412 g/mol. The van der Waals surface area contributed by atoms with Gasteiger partial charge in [0.05, 0.1) is 19.9 Å². The van der Waals surface area contributed by atoms with Crippen molar-refractivity contribution in [2.24, 2.45) is 0 Å². The van der Waals surface area contributed by atoms with Gasteiger partial charge in [-0.2, -0.15) is 5.10 Å². The van der Waals surface area contributed by atoms with E-state index in [9.17, 15) is 9.18 Å². The van der Waals surface area contributed by atoms with E-state index in [1.807, 2.05) is 6.07 Å². The summed E-state index contributed by atoms with van der Waals surface area (Å²) >= 11 is 1.39. The van der Waals surface area contributed by atoms with Crippen molar-refractivity contribution in [1.82, 2.24) is 19.8 Å². The fraction of sp³-hybridized carbons (Fsp3) is 0.150. The van der Waals surface area contributed by atoms with Gasteiger partial charge in [0.15, 0.2) is 11.5 Å². The van der Waals surface area contributed by atoms with Crippen LogP contribution in [0.2, 0.25) is 0 Å². The Morgan fingerprint density at radius 1 is 1.07 bits per heavy atom. The number of halogens is 1. The predicted octanol–water partition coefficient (Wildman–Crippen LogP) is 3.53. The summed E-state index contributed by atoms with van der Waals surface area (Å²) in [7, 11) is 3.13. The van der Waals surface area contributed by atoms with Crippen molar-refractivity contribution in [1.29, 1.82) is 0 Å². The van der Waals surface area contributed by atoms with Crippen molar-refractivity contribution in [2.75, 3.05) is 14.2 Å². The Balaban J connectivity index is 1.70. The normalized spacial score (nSPS) is 11.0. The molecule has 0 fully saturated rings. The number of thioether (sulfide) groups is 1. The van der Waals surface area contributed by atoms with E-state index in [1.165, 1.54) is 28.4 Å². The summed E-state index contributed by atoms with van der Waals surface area (Å²) in [5, 5.41) is 11.7. The first-order valence-electron chi connectivity index (χ1n) is 8.67. The van der Waals surface area contributed by atoms with Gasteiger partial charge in [-0.05, 0) is 42.0 Å². The van der Waals surface area contributed by atoms with Gasteiger partial charge in [0.1, 0.15) is 11.3 Å². The van der Waals surface area contributed by atoms with Gasteiger partial charge in [-0.25, -0.2) is 14.0 Å². The molecule has 4 rings (SSSR count). The number of aromatic nitrogens is 4. The number of hydrogen-bond donors (Lipinski definition) is 1. The predicted molar refractivity (Wildman–Crippen MR) is 108 cm³/mol. The maximum absolute atomic E-state index is 13.1. The number of methoxy groups -OCH3 is 2. The van der Waals surface area contributed by atoms with Crippen LogP contribution in [0.25, 0.3) is 16.8 Å². The summed E-state index contributed by atoms with van der Waals surface area (Å²) in [6.45, 7) is 0. The summed E-state index contributed by atoms with van der Waals surface area (Å²) in [5.41, 5.74) is 2.36. The lowest BCUT2D eigenvalue weighted by molar-refractivity contribution is 0.355. The van der Waals surface area contributed by atoms with E-state index in [0.717, 1.165) is 11.1 Å². The summed E-state index contributed by atoms with van der Waals surface area (Å²) in [6, 6.07) is 13.4. The van der Waals surface area contributed by atoms with Gasteiger partial charge in [0.25, 0.3) is 5.56 Å². The molecule has 2 heterocycles. The molecule has 0 spiro atoms. The molecular formula is C20H17FN4O3S. The molecule has 2 aromatic carbocycles. The zero-order chi connectivity index (χ0) is 20.4. The number of hydrogen-bond acceptors (Lipinski definition) is 6. The number of benzene rings is 2. The molecule has 0 atom stereocenters. The van der Waals surface area contributed by atoms with Crippen molar-refractivity contribution >= 4 is 17.3 Å². The Morgan fingerprint density at radius 3 is 2.55 bits per heavy atom. The maximum atomic E-state index is 13.1. The highest BCUT2D eigenvalue weighted by molar-refractivity contribution is 7.98. The van der Waals surface area contributed by atoms with Gasteiger partial charge in [-0.15, -0.1) is 5.10 Å². The van der Waals surface area contributed by atoms with E-state index in [0.29, 0.717) is 33.6 Å². The van der Waals surface area contributed by atoms with Gasteiger partial charge < -0.3 is 9.47 Å². The van der Waals surface area contributed by atoms with Crippen LogP contribution in [0.3, 0.4) is 0 Å². The van der Waals surface area contributed by atoms with Crippen molar-refractivity contribution in [2.45, 2.75) is 10.9 Å². The third-order valence-electron chi connectivity index (χ3n) is 4.34. The third-order valence-corrected chi connectivity index (χ3v) is 5.34. The second-order valence-electron chi connectivity index (χ2n) is 6.15. The standard InChI is InChI=1S/C20H17FN4O3S/c1-27-17-8-5-13(9-18(17)28-2)15-10-16-19(26)22-23-20(25(16)24-15)29-11-12-3-6-14(21)7-4-12/h3-10H,11H2,1-2H3,(H,22,26). The molecule has 0 amide bonds. The quantitative estimate of drug-likeness (QED) is 0.488. The Morgan fingerprint density at radius 2 is 1.83 bits per heavy atom. The molecule has 0 unspecified atom stereocenters. The largest absolute Gasteiger partial charge is 0.493 e. The van der Waals surface area contributed by atoms with Crippen LogP contribution in [0.1, 0.15) is 5.56 Å². The number of rotatable bonds is 6. The highest BCUT2D eigenvalue weighted by Crippen LogP contribution is 2.32. The number of aromatic amines is 1. The van der Waals surface area contributed by atoms with Crippen molar-refractivity contribution < 1.29 is 13.9 Å². The first-order chi connectivity index (χ1) is 14.1. The first-order valence-corrected chi connectivity index (χ1v) is 9.65. The number of H-pyrrole nitrogens is 1. The minimum Gasteiger partial charge on any atom is -0.493 e. The average Bonchev–Trinajstić information content (AvgIpc) is 3.20. The number of nitrogens with zero attached hydrogens (tertiary/aromatic N) is 3. The van der Waals surface area contributed by atoms with Crippen LogP contribution in [-0.4, -0.2) is 34.0 Å². The smallest absolute Gasteiger partial charge is 0.290 e. The van der Waals surface area contributed by atoms with Crippen LogP contribution in [0.5, 0.6) is 11.5 Å². The van der Waals surface area contributed by atoms with Crippen LogP contribution < -0.4 is 15.0 Å². The van der Waals surface area contributed by atoms with E-state index in [2.05, 4.69) is 15.3 Å². The van der Waals surface area contributed by atoms with Gasteiger partial charge in [0.2, 0.25) is 5.16 Å². The van der Waals surface area contributed by atoms with Crippen molar-refractivity contribution in [3.63, 3.8) is 0 Å². The fourth-order valence-electron chi connectivity index (χ4n) is 2.85. The molecule has 0 aliphatic carbocycles. The van der Waals surface area contributed by atoms with E-state index in [-0.39, 0.29) is 11.4 Å². The van der Waals surface area contributed by atoms with Gasteiger partial charge in [0, 0.05) is 11.3 Å². The molecular weight excluding hydrogens is 395 g/mol. The van der Waals surface area contributed by atoms with Crippen molar-refractivity contribution in [3.05, 3.63) is 70.3 Å². The summed E-state index contributed by atoms with van der Waals surface area (Å²) < 4.78 is 25.2. The first kappa shape index (κ1) is 19.0. The highest BCUT2D eigenvalue weighted by Gasteiger charge is 2.14. The summed E-state index contributed by atoms with van der Waals surface area (Å²) in [5.74, 6) is 1.45. The van der Waals surface area contributed by atoms with Crippen LogP contribution >= 0.6 is 11.8 Å². The molecule has 9 heteroatoms. The molecule has 0 aliphatic rings. The summed E-state index contributed by atoms with van der Waals surface area (Å²) in [4.78, 5) is 12.2. The number of nitrogens with one attached hydrogen (secondary N) is 1. The Kier molecular flexibility index (Phi) is 5.22. The van der Waals surface area contributed by atoms with Gasteiger partial charge in [-0.3, -0.25) is 4.79 Å². The summed E-state index contributed by atoms with van der Waals surface area (Å²) in [6.07, 6.45) is 0. The van der Waals surface area contributed by atoms with E-state index in [4.69, 9.17) is 9.47 Å². The van der Waals surface area contributed by atoms with Gasteiger partial charge >= 0.3 is 0 Å². The lowest BCUT2D eigenvalue weighted by Crippen LogP contribution is -2.13. The molecule has 0 radical (unpaired) electrons. The SMILES string of the molecule is COc1ccc(-c2cc3c(=O)[nH]nc(SCc4ccc(F)cc4)n3n2)cc1OC. The molecule has 7 nitrogen and oxygen atoms in total. The zero-order valence-electron chi connectivity index (χ0n) is 15.7. The van der Waals surface area contributed by atoms with Crippen LogP contribution in [-0.2, 0) is 5.75 Å². The molecule has 0 saturated carbocycles. The molecule has 0 saturated heterocycles. The molecule has 148 valence electrons. The zero-order valence-corrected chi connectivity index (χ0v) is 16.5. The lowest BCUT2D eigenvalue weighted by atomic mass is 10.1. The van der Waals surface area contributed by atoms with E-state index < -0.39 is 0 Å². The van der Waals surface area contributed by atoms with Gasteiger partial charge in [-0.1, -0.05) is 23.9 Å². The lowest BCUT2D eigenvalue weighted by Gasteiger charge is -2.08. The Hall–Kier alpha value is -3.33. The molecule has 4 aromatic rings. The average molecular weight is 412 g/mol. The highest BCUT2D eigenvalue weighted by atomic mass is 32.2. The molecule has 29 heavy (non-hydrogen) atoms. The van der Waals surface area contributed by atoms with Crippen LogP contribution in [0.15, 0.2) is 58.5 Å². The number of fused-ring (bicyclic) bond motifs is 1. The van der Waals surface area contributed by atoms with Crippen LogP contribution in [0, 0.1) is 5.82 Å². The molecule has 0 bridgehead atoms. The third kappa shape index (κ3) is 3.81. The van der Waals surface area contributed by atoms with Crippen LogP contribution in [0.4, 0.5) is 4.39 Å². The van der Waals surface area contributed by atoms with Crippen molar-refractivity contribution in [3.8, 4) is 22.8 Å². The maximum Gasteiger partial charge on any atom is 0.290 e. The Labute approximate surface area is 169 Å². The van der Waals surface area contributed by atoms with E-state index >= 15 is 0 Å². The molecule has 2 aromatic heterocycles. The number of ether oxygens (including phenoxy) is 2. The topological polar surface area (TPSA) is 81.5 Å².